The fourth-order valence-electron chi connectivity index (χ4n) is 0.0845. The third-order valence-corrected chi connectivity index (χ3v) is 0.477. The number of halogens is 1. The van der Waals surface area contributed by atoms with Gasteiger partial charge in [0.2, 0.25) is 0 Å². The molecule has 0 aromatic heterocycles. The summed E-state index contributed by atoms with van der Waals surface area (Å²) in [6, 6.07) is 0. The first-order valence-electron chi connectivity index (χ1n) is 4.53. The zero-order valence-electron chi connectivity index (χ0n) is 9.24. The van der Waals surface area contributed by atoms with Crippen molar-refractivity contribution >= 4 is 11.6 Å². The van der Waals surface area contributed by atoms with Crippen molar-refractivity contribution in [2.24, 2.45) is 0 Å². The van der Waals surface area contributed by atoms with Crippen LogP contribution in [0.5, 0.6) is 0 Å². The molecule has 0 spiro atoms. The van der Waals surface area contributed by atoms with E-state index >= 15 is 0 Å². The molecule has 0 aromatic carbocycles. The van der Waals surface area contributed by atoms with Gasteiger partial charge in [0.05, 0.1) is 0 Å². The summed E-state index contributed by atoms with van der Waals surface area (Å²) >= 11 is 5.27. The lowest BCUT2D eigenvalue weighted by atomic mass is 10.7. The van der Waals surface area contributed by atoms with Gasteiger partial charge in [-0.2, -0.15) is 0 Å². The molecule has 38 valence electrons. The fourth-order valence-corrected chi connectivity index (χ4v) is 0.254. The van der Waals surface area contributed by atoms with Crippen molar-refractivity contribution in [2.75, 3.05) is 26.4 Å². The van der Waals surface area contributed by atoms with Crippen LogP contribution < -0.4 is 0 Å². The van der Waals surface area contributed by atoms with Gasteiger partial charge in [-0.15, -0.1) is 11.6 Å². The Morgan fingerprint density at radius 3 is 2.67 bits per heavy atom. The summed E-state index contributed by atoms with van der Waals surface area (Å²) < 4.78 is 41.3. The van der Waals surface area contributed by atoms with Gasteiger partial charge in [0, 0.05) is 20.6 Å². The standard InChI is InChI=1S/C4H10ClN/c1-6(2)4-3-5/h3-4H2,1-2H3/i1D3,2D3. The lowest BCUT2D eigenvalue weighted by Crippen LogP contribution is -2.13. The molecular formula is C4H10ClN. The van der Waals surface area contributed by atoms with Gasteiger partial charge in [-0.1, -0.05) is 0 Å². The van der Waals surface area contributed by atoms with E-state index < -0.39 is 14.0 Å². The molecule has 2 heteroatoms. The van der Waals surface area contributed by atoms with E-state index in [2.05, 4.69) is 0 Å². The number of hydrogen-bond acceptors (Lipinski definition) is 1. The molecule has 0 heterocycles. The van der Waals surface area contributed by atoms with E-state index in [9.17, 15) is 0 Å². The second-order valence-electron chi connectivity index (χ2n) is 0.841. The Bertz CT molecular complexity index is 125. The summed E-state index contributed by atoms with van der Waals surface area (Å²) in [5.74, 6) is -0.0171. The van der Waals surface area contributed by atoms with Crippen LogP contribution in [0, 0.1) is 0 Å². The fraction of sp³-hybridized carbons (Fsp3) is 1.00. The molecule has 0 aliphatic heterocycles. The van der Waals surface area contributed by atoms with Crippen LogP contribution in [0.3, 0.4) is 0 Å². The van der Waals surface area contributed by atoms with Gasteiger partial charge in [0.1, 0.15) is 0 Å². The van der Waals surface area contributed by atoms with Crippen molar-refractivity contribution in [3.05, 3.63) is 0 Å². The summed E-state index contributed by atoms with van der Waals surface area (Å²) in [5.41, 5.74) is 0. The lowest BCUT2D eigenvalue weighted by molar-refractivity contribution is 0.436. The predicted molar refractivity (Wildman–Crippen MR) is 29.3 cm³/mol. The molecule has 0 radical (unpaired) electrons. The first-order valence-corrected chi connectivity index (χ1v) is 2.07. The molecular weight excluding hydrogens is 97.5 g/mol. The second-order valence-corrected chi connectivity index (χ2v) is 1.22. The average Bonchev–Trinajstić information content (AvgIpc) is 1.77. The highest BCUT2D eigenvalue weighted by Gasteiger charge is 1.81. The summed E-state index contributed by atoms with van der Waals surface area (Å²) in [7, 11) is 0. The average molecular weight is 114 g/mol. The van der Waals surface area contributed by atoms with Crippen LogP contribution in [-0.2, 0) is 0 Å². The molecule has 0 bridgehead atoms. The Morgan fingerprint density at radius 2 is 2.50 bits per heavy atom. The van der Waals surface area contributed by atoms with Gasteiger partial charge in [0.25, 0.3) is 0 Å². The predicted octanol–water partition coefficient (Wildman–Crippen LogP) is 0.787. The molecule has 0 amide bonds. The summed E-state index contributed by atoms with van der Waals surface area (Å²) in [6.45, 7) is -5.39. The summed E-state index contributed by atoms with van der Waals surface area (Å²) in [5, 5.41) is 0. The van der Waals surface area contributed by atoms with Crippen LogP contribution >= 0.6 is 11.6 Å². The number of hydrogen-bond donors (Lipinski definition) is 0. The lowest BCUT2D eigenvalue weighted by Gasteiger charge is -2.02. The third-order valence-electron chi connectivity index (χ3n) is 0.308. The first-order chi connectivity index (χ1) is 5.19. The molecule has 0 rings (SSSR count). The van der Waals surface area contributed by atoms with Crippen LogP contribution in [0.1, 0.15) is 8.22 Å². The highest BCUT2D eigenvalue weighted by molar-refractivity contribution is 6.18. The molecule has 0 aliphatic rings. The topological polar surface area (TPSA) is 3.24 Å². The van der Waals surface area contributed by atoms with Crippen molar-refractivity contribution in [1.82, 2.24) is 4.90 Å². The second kappa shape index (κ2) is 3.44. The Hall–Kier alpha value is 0.250. The maximum atomic E-state index is 6.89. The highest BCUT2D eigenvalue weighted by atomic mass is 35.5. The van der Waals surface area contributed by atoms with Crippen molar-refractivity contribution in [3.8, 4) is 0 Å². The molecule has 0 aliphatic carbocycles. The Kier molecular flexibility index (Phi) is 0.780. The summed E-state index contributed by atoms with van der Waals surface area (Å²) in [6.07, 6.45) is 0. The highest BCUT2D eigenvalue weighted by Crippen LogP contribution is 1.75. The van der Waals surface area contributed by atoms with E-state index in [1.807, 2.05) is 0 Å². The SMILES string of the molecule is [2H]C([2H])([2H])N(CCCl)C([2H])([2H])[2H]. The Morgan fingerprint density at radius 1 is 1.83 bits per heavy atom. The van der Waals surface area contributed by atoms with E-state index in [1.165, 1.54) is 0 Å². The summed E-state index contributed by atoms with van der Waals surface area (Å²) in [4.78, 5) is 0.424. The minimum Gasteiger partial charge on any atom is -0.308 e. The normalized spacial score (nSPS) is 29.0. The van der Waals surface area contributed by atoms with Gasteiger partial charge < -0.3 is 4.90 Å². The van der Waals surface area contributed by atoms with Crippen LogP contribution in [0.15, 0.2) is 0 Å². The molecule has 0 fully saturated rings. The van der Waals surface area contributed by atoms with Gasteiger partial charge >= 0.3 is 0 Å². The molecule has 1 nitrogen and oxygen atoms in total. The zero-order valence-corrected chi connectivity index (χ0v) is 4.00. The van der Waals surface area contributed by atoms with E-state index in [0.717, 1.165) is 0 Å². The minimum atomic E-state index is -2.61. The molecule has 0 aromatic rings. The van der Waals surface area contributed by atoms with Crippen molar-refractivity contribution < 1.29 is 8.22 Å². The largest absolute Gasteiger partial charge is 0.308 e. The van der Waals surface area contributed by atoms with E-state index in [4.69, 9.17) is 19.8 Å². The third kappa shape index (κ3) is 4.25. The maximum Gasteiger partial charge on any atom is 0.0394 e. The molecule has 0 unspecified atom stereocenters. The minimum absolute atomic E-state index is 0.0171. The van der Waals surface area contributed by atoms with Crippen LogP contribution in [0.2, 0.25) is 0 Å². The van der Waals surface area contributed by atoms with Crippen LogP contribution in [0.4, 0.5) is 0 Å². The first kappa shape index (κ1) is 1.36. The van der Waals surface area contributed by atoms with Gasteiger partial charge in [-0.25, -0.2) is 0 Å². The van der Waals surface area contributed by atoms with Crippen LogP contribution in [-0.4, -0.2) is 31.3 Å². The van der Waals surface area contributed by atoms with Gasteiger partial charge in [0.15, 0.2) is 0 Å². The van der Waals surface area contributed by atoms with Crippen molar-refractivity contribution in [2.45, 2.75) is 0 Å². The van der Waals surface area contributed by atoms with Crippen molar-refractivity contribution in [1.29, 1.82) is 0 Å². The Balaban J connectivity index is 4.45. The molecule has 0 saturated heterocycles. The van der Waals surface area contributed by atoms with Gasteiger partial charge in [-0.3, -0.25) is 0 Å². The monoisotopic (exact) mass is 113 g/mol. The van der Waals surface area contributed by atoms with E-state index in [-0.39, 0.29) is 12.4 Å². The Labute approximate surface area is 52.3 Å². The number of rotatable bonds is 2. The number of nitrogens with zero attached hydrogens (tertiary/aromatic N) is 1. The maximum absolute atomic E-state index is 6.89. The van der Waals surface area contributed by atoms with E-state index in [0.29, 0.717) is 4.90 Å². The molecule has 0 saturated carbocycles. The molecule has 6 heavy (non-hydrogen) atoms. The molecule has 0 N–H and O–H groups in total. The quantitative estimate of drug-likeness (QED) is 0.479. The van der Waals surface area contributed by atoms with Crippen molar-refractivity contribution in [3.63, 3.8) is 0 Å². The van der Waals surface area contributed by atoms with E-state index in [1.54, 1.807) is 0 Å². The molecule has 0 atom stereocenters. The number of alkyl halides is 1. The smallest absolute Gasteiger partial charge is 0.0394 e. The van der Waals surface area contributed by atoms with Gasteiger partial charge in [-0.05, 0) is 14.0 Å². The van der Waals surface area contributed by atoms with Crippen LogP contribution in [0.25, 0.3) is 0 Å². The zero-order chi connectivity index (χ0) is 9.99.